The first-order chi connectivity index (χ1) is 9.81. The SMILES string of the molecule is Cc1ccc(Oc2c([N+](=O)[O-])c(C)nn2C)c(C(=O)O)c1. The number of benzene rings is 1. The Hall–Kier alpha value is -2.90. The number of aryl methyl sites for hydroxylation is 3. The fourth-order valence-electron chi connectivity index (χ4n) is 1.95. The highest BCUT2D eigenvalue weighted by molar-refractivity contribution is 5.91. The third-order valence-electron chi connectivity index (χ3n) is 2.89. The van der Waals surface area contributed by atoms with E-state index in [-0.39, 0.29) is 28.6 Å². The summed E-state index contributed by atoms with van der Waals surface area (Å²) in [6.45, 7) is 3.23. The predicted molar refractivity (Wildman–Crippen MR) is 72.8 cm³/mol. The van der Waals surface area contributed by atoms with E-state index in [0.717, 1.165) is 5.56 Å². The van der Waals surface area contributed by atoms with Gasteiger partial charge in [0.1, 0.15) is 17.0 Å². The second kappa shape index (κ2) is 5.23. The number of ether oxygens (including phenoxy) is 1. The van der Waals surface area contributed by atoms with Gasteiger partial charge in [0, 0.05) is 7.05 Å². The molecule has 8 heteroatoms. The van der Waals surface area contributed by atoms with Gasteiger partial charge in [0.05, 0.1) is 4.92 Å². The first-order valence-electron chi connectivity index (χ1n) is 6.01. The van der Waals surface area contributed by atoms with Gasteiger partial charge in [-0.1, -0.05) is 11.6 Å². The largest absolute Gasteiger partial charge is 0.478 e. The van der Waals surface area contributed by atoms with Crippen LogP contribution in [-0.4, -0.2) is 25.8 Å². The van der Waals surface area contributed by atoms with Crippen molar-refractivity contribution in [2.24, 2.45) is 7.05 Å². The van der Waals surface area contributed by atoms with Gasteiger partial charge >= 0.3 is 11.7 Å². The van der Waals surface area contributed by atoms with Crippen molar-refractivity contribution in [3.05, 3.63) is 45.1 Å². The molecule has 0 amide bonds. The van der Waals surface area contributed by atoms with Crippen molar-refractivity contribution in [2.75, 3.05) is 0 Å². The van der Waals surface area contributed by atoms with Crippen molar-refractivity contribution >= 4 is 11.7 Å². The van der Waals surface area contributed by atoms with E-state index in [0.29, 0.717) is 0 Å². The molecule has 0 aliphatic carbocycles. The van der Waals surface area contributed by atoms with E-state index >= 15 is 0 Å². The van der Waals surface area contributed by atoms with Gasteiger partial charge in [-0.15, -0.1) is 0 Å². The second-order valence-corrected chi connectivity index (χ2v) is 4.53. The van der Waals surface area contributed by atoms with Crippen LogP contribution in [0.1, 0.15) is 21.6 Å². The van der Waals surface area contributed by atoms with Crippen molar-refractivity contribution in [3.63, 3.8) is 0 Å². The fourth-order valence-corrected chi connectivity index (χ4v) is 1.95. The summed E-state index contributed by atoms with van der Waals surface area (Å²) in [6.07, 6.45) is 0. The minimum atomic E-state index is -1.17. The van der Waals surface area contributed by atoms with E-state index < -0.39 is 10.9 Å². The molecular formula is C13H13N3O5. The van der Waals surface area contributed by atoms with E-state index in [1.165, 1.54) is 30.8 Å². The van der Waals surface area contributed by atoms with Gasteiger partial charge in [0.15, 0.2) is 0 Å². The number of carboxylic acid groups (broad SMARTS) is 1. The average Bonchev–Trinajstić information content (AvgIpc) is 2.66. The number of carbonyl (C=O) groups is 1. The van der Waals surface area contributed by atoms with Gasteiger partial charge in [0.25, 0.3) is 5.88 Å². The number of aromatic nitrogens is 2. The lowest BCUT2D eigenvalue weighted by molar-refractivity contribution is -0.386. The Morgan fingerprint density at radius 2 is 2.10 bits per heavy atom. The molecule has 1 heterocycles. The molecule has 0 aliphatic heterocycles. The Balaban J connectivity index is 2.53. The molecule has 21 heavy (non-hydrogen) atoms. The normalized spacial score (nSPS) is 10.4. The van der Waals surface area contributed by atoms with Gasteiger partial charge in [-0.3, -0.25) is 10.1 Å². The highest BCUT2D eigenvalue weighted by Gasteiger charge is 2.27. The Bertz CT molecular complexity index is 736. The lowest BCUT2D eigenvalue weighted by atomic mass is 10.1. The molecular weight excluding hydrogens is 278 g/mol. The van der Waals surface area contributed by atoms with E-state index in [9.17, 15) is 20.0 Å². The second-order valence-electron chi connectivity index (χ2n) is 4.53. The number of carboxylic acids is 1. The van der Waals surface area contributed by atoms with Gasteiger partial charge in [-0.2, -0.15) is 5.10 Å². The first kappa shape index (κ1) is 14.5. The minimum Gasteiger partial charge on any atom is -0.478 e. The van der Waals surface area contributed by atoms with Crippen LogP contribution >= 0.6 is 0 Å². The summed E-state index contributed by atoms with van der Waals surface area (Å²) in [5.41, 5.74) is 0.592. The van der Waals surface area contributed by atoms with Crippen LogP contribution in [-0.2, 0) is 7.05 Å². The molecule has 110 valence electrons. The maximum atomic E-state index is 11.2. The first-order valence-corrected chi connectivity index (χ1v) is 6.01. The van der Waals surface area contributed by atoms with Crippen LogP contribution in [0.25, 0.3) is 0 Å². The molecule has 1 aromatic carbocycles. The quantitative estimate of drug-likeness (QED) is 0.684. The monoisotopic (exact) mass is 291 g/mol. The van der Waals surface area contributed by atoms with E-state index in [2.05, 4.69) is 5.10 Å². The van der Waals surface area contributed by atoms with Crippen molar-refractivity contribution in [1.82, 2.24) is 9.78 Å². The van der Waals surface area contributed by atoms with Crippen molar-refractivity contribution in [1.29, 1.82) is 0 Å². The van der Waals surface area contributed by atoms with Crippen molar-refractivity contribution in [2.45, 2.75) is 13.8 Å². The van der Waals surface area contributed by atoms with Crippen LogP contribution in [0.5, 0.6) is 11.6 Å². The summed E-state index contributed by atoms with van der Waals surface area (Å²) in [7, 11) is 1.49. The van der Waals surface area contributed by atoms with E-state index in [1.807, 2.05) is 0 Å². The smallest absolute Gasteiger partial charge is 0.353 e. The zero-order valence-electron chi connectivity index (χ0n) is 11.7. The van der Waals surface area contributed by atoms with Crippen LogP contribution < -0.4 is 4.74 Å². The molecule has 0 saturated heterocycles. The molecule has 0 unspecified atom stereocenters. The molecule has 0 atom stereocenters. The summed E-state index contributed by atoms with van der Waals surface area (Å²) < 4.78 is 6.66. The molecule has 0 spiro atoms. The van der Waals surface area contributed by atoms with E-state index in [4.69, 9.17) is 4.74 Å². The molecule has 8 nitrogen and oxygen atoms in total. The zero-order valence-corrected chi connectivity index (χ0v) is 11.7. The van der Waals surface area contributed by atoms with Crippen LogP contribution in [0, 0.1) is 24.0 Å². The molecule has 2 rings (SSSR count). The maximum Gasteiger partial charge on any atom is 0.353 e. The molecule has 0 bridgehead atoms. The summed E-state index contributed by atoms with van der Waals surface area (Å²) in [5.74, 6) is -1.25. The minimum absolute atomic E-state index is 0.0270. The summed E-state index contributed by atoms with van der Waals surface area (Å²) >= 11 is 0. The zero-order chi connectivity index (χ0) is 15.7. The number of rotatable bonds is 4. The van der Waals surface area contributed by atoms with Gasteiger partial charge in [-0.05, 0) is 26.0 Å². The van der Waals surface area contributed by atoms with Gasteiger partial charge < -0.3 is 9.84 Å². The lowest BCUT2D eigenvalue weighted by Gasteiger charge is -2.09. The van der Waals surface area contributed by atoms with Crippen LogP contribution in [0.2, 0.25) is 0 Å². The number of hydrogen-bond donors (Lipinski definition) is 1. The van der Waals surface area contributed by atoms with Crippen LogP contribution in [0.4, 0.5) is 5.69 Å². The highest BCUT2D eigenvalue weighted by atomic mass is 16.6. The number of hydrogen-bond acceptors (Lipinski definition) is 5. The van der Waals surface area contributed by atoms with Gasteiger partial charge in [-0.25, -0.2) is 9.48 Å². The third kappa shape index (κ3) is 2.69. The molecule has 1 N–H and O–H groups in total. The number of nitro groups is 1. The van der Waals surface area contributed by atoms with E-state index in [1.54, 1.807) is 13.0 Å². The average molecular weight is 291 g/mol. The number of nitrogens with zero attached hydrogens (tertiary/aromatic N) is 3. The Morgan fingerprint density at radius 3 is 2.67 bits per heavy atom. The molecule has 2 aromatic rings. The molecule has 0 radical (unpaired) electrons. The summed E-state index contributed by atoms with van der Waals surface area (Å²) in [6, 6.07) is 4.56. The molecule has 1 aromatic heterocycles. The van der Waals surface area contributed by atoms with Crippen molar-refractivity contribution < 1.29 is 19.6 Å². The molecule has 0 aliphatic rings. The molecule has 0 saturated carbocycles. The van der Waals surface area contributed by atoms with Crippen LogP contribution in [0.3, 0.4) is 0 Å². The Kier molecular flexibility index (Phi) is 3.62. The standard InChI is InChI=1S/C13H13N3O5/c1-7-4-5-10(9(6-7)13(17)18)21-12-11(16(19)20)8(2)14-15(12)3/h4-6H,1-3H3,(H,17,18). The highest BCUT2D eigenvalue weighted by Crippen LogP contribution is 2.35. The lowest BCUT2D eigenvalue weighted by Crippen LogP contribution is -2.03. The summed E-state index contributed by atoms with van der Waals surface area (Å²) in [4.78, 5) is 21.7. The Labute approximate surface area is 119 Å². The maximum absolute atomic E-state index is 11.2. The number of aromatic carboxylic acids is 1. The van der Waals surface area contributed by atoms with Crippen molar-refractivity contribution in [3.8, 4) is 11.6 Å². The van der Waals surface area contributed by atoms with Gasteiger partial charge in [0.2, 0.25) is 0 Å². The summed E-state index contributed by atoms with van der Waals surface area (Å²) in [5, 5.41) is 24.2. The fraction of sp³-hybridized carbons (Fsp3) is 0.231. The van der Waals surface area contributed by atoms with Crippen LogP contribution in [0.15, 0.2) is 18.2 Å². The topological polar surface area (TPSA) is 107 Å². The third-order valence-corrected chi connectivity index (χ3v) is 2.89. The predicted octanol–water partition coefficient (Wildman–Crippen LogP) is 2.44. The molecule has 0 fully saturated rings. The Morgan fingerprint density at radius 1 is 1.43 bits per heavy atom.